The van der Waals surface area contributed by atoms with Gasteiger partial charge in [-0.05, 0) is 25.1 Å². The van der Waals surface area contributed by atoms with Gasteiger partial charge in [-0.2, -0.15) is 0 Å². The Balaban J connectivity index is 2.79. The quantitative estimate of drug-likeness (QED) is 0.757. The van der Waals surface area contributed by atoms with E-state index in [1.807, 2.05) is 6.92 Å². The second-order valence-electron chi connectivity index (χ2n) is 3.96. The van der Waals surface area contributed by atoms with Crippen LogP contribution in [0.25, 0.3) is 10.9 Å². The molecule has 2 aromatic rings. The molecule has 1 heterocycles. The summed E-state index contributed by atoms with van der Waals surface area (Å²) >= 11 is 6.05. The van der Waals surface area contributed by atoms with Crippen LogP contribution in [0.3, 0.4) is 0 Å². The third-order valence-electron chi connectivity index (χ3n) is 2.44. The van der Waals surface area contributed by atoms with Gasteiger partial charge >= 0.3 is 0 Å². The van der Waals surface area contributed by atoms with Crippen LogP contribution in [0.1, 0.15) is 5.69 Å². The smallest absolute Gasteiger partial charge is 0.147 e. The van der Waals surface area contributed by atoms with Crippen molar-refractivity contribution in [2.24, 2.45) is 0 Å². The van der Waals surface area contributed by atoms with Crippen LogP contribution in [0.4, 0.5) is 10.1 Å². The largest absolute Gasteiger partial charge is 0.375 e. The predicted octanol–water partition coefficient (Wildman–Crippen LogP) is 3.40. The minimum absolute atomic E-state index is 0.287. The average molecular weight is 239 g/mol. The molecule has 2 rings (SSSR count). The highest BCUT2D eigenvalue weighted by Crippen LogP contribution is 2.28. The summed E-state index contributed by atoms with van der Waals surface area (Å²) in [6, 6.07) is 4.88. The molecular weight excluding hydrogens is 227 g/mol. The number of anilines is 1. The molecule has 84 valence electrons. The first-order valence-corrected chi connectivity index (χ1v) is 5.30. The van der Waals surface area contributed by atoms with Crippen LogP contribution in [-0.2, 0) is 0 Å². The van der Waals surface area contributed by atoms with Crippen molar-refractivity contribution < 1.29 is 4.39 Å². The van der Waals surface area contributed by atoms with E-state index < -0.39 is 0 Å². The molecule has 0 radical (unpaired) electrons. The predicted molar refractivity (Wildman–Crippen MR) is 65.8 cm³/mol. The summed E-state index contributed by atoms with van der Waals surface area (Å²) in [4.78, 5) is 6.06. The van der Waals surface area contributed by atoms with E-state index in [1.165, 1.54) is 6.07 Å². The van der Waals surface area contributed by atoms with Crippen LogP contribution in [0.5, 0.6) is 0 Å². The van der Waals surface area contributed by atoms with Crippen molar-refractivity contribution in [3.63, 3.8) is 0 Å². The van der Waals surface area contributed by atoms with Crippen molar-refractivity contribution in [2.75, 3.05) is 19.0 Å². The molecule has 0 atom stereocenters. The highest BCUT2D eigenvalue weighted by atomic mass is 35.5. The maximum atomic E-state index is 13.7. The van der Waals surface area contributed by atoms with E-state index >= 15 is 0 Å². The Labute approximate surface area is 98.7 Å². The molecule has 0 fully saturated rings. The number of hydrogen-bond acceptors (Lipinski definition) is 2. The average Bonchev–Trinajstić information content (AvgIpc) is 2.18. The summed E-state index contributed by atoms with van der Waals surface area (Å²) in [6.45, 7) is 1.87. The molecule has 16 heavy (non-hydrogen) atoms. The summed E-state index contributed by atoms with van der Waals surface area (Å²) in [5.74, 6) is -0.287. The fraction of sp³-hybridized carbons (Fsp3) is 0.250. The standard InChI is InChI=1S/C12H12ClFN2/c1-7-4-9(13)8-5-10(14)12(16(2)3)6-11(8)15-7/h4-6H,1-3H3. The maximum absolute atomic E-state index is 13.7. The molecular formula is C12H12ClFN2. The molecule has 0 saturated heterocycles. The lowest BCUT2D eigenvalue weighted by atomic mass is 10.1. The first-order chi connectivity index (χ1) is 7.49. The van der Waals surface area contributed by atoms with Crippen LogP contribution in [0.2, 0.25) is 5.02 Å². The van der Waals surface area contributed by atoms with E-state index in [0.717, 1.165) is 11.2 Å². The number of halogens is 2. The fourth-order valence-electron chi connectivity index (χ4n) is 1.66. The minimum atomic E-state index is -0.287. The summed E-state index contributed by atoms with van der Waals surface area (Å²) in [5.41, 5.74) is 2.06. The van der Waals surface area contributed by atoms with Gasteiger partial charge in [0, 0.05) is 25.2 Å². The van der Waals surface area contributed by atoms with E-state index in [2.05, 4.69) is 4.98 Å². The van der Waals surface area contributed by atoms with Crippen molar-refractivity contribution >= 4 is 28.2 Å². The lowest BCUT2D eigenvalue weighted by Gasteiger charge is -2.14. The fourth-order valence-corrected chi connectivity index (χ4v) is 1.97. The molecule has 0 aliphatic rings. The SMILES string of the molecule is Cc1cc(Cl)c2cc(F)c(N(C)C)cc2n1. The lowest BCUT2D eigenvalue weighted by molar-refractivity contribution is 0.628. The van der Waals surface area contributed by atoms with Gasteiger partial charge in [-0.25, -0.2) is 4.39 Å². The number of hydrogen-bond donors (Lipinski definition) is 0. The van der Waals surface area contributed by atoms with E-state index in [4.69, 9.17) is 11.6 Å². The van der Waals surface area contributed by atoms with Crippen LogP contribution in [0, 0.1) is 12.7 Å². The van der Waals surface area contributed by atoms with E-state index in [0.29, 0.717) is 16.1 Å². The van der Waals surface area contributed by atoms with Crippen molar-refractivity contribution in [3.8, 4) is 0 Å². The maximum Gasteiger partial charge on any atom is 0.147 e. The van der Waals surface area contributed by atoms with Gasteiger partial charge in [-0.15, -0.1) is 0 Å². The monoisotopic (exact) mass is 238 g/mol. The zero-order chi connectivity index (χ0) is 11.9. The minimum Gasteiger partial charge on any atom is -0.375 e. The number of nitrogens with zero attached hydrogens (tertiary/aromatic N) is 2. The second-order valence-corrected chi connectivity index (χ2v) is 4.37. The van der Waals surface area contributed by atoms with Gasteiger partial charge in [0.15, 0.2) is 0 Å². The highest BCUT2D eigenvalue weighted by Gasteiger charge is 2.10. The number of pyridine rings is 1. The van der Waals surface area contributed by atoms with Gasteiger partial charge in [0.05, 0.1) is 16.2 Å². The van der Waals surface area contributed by atoms with E-state index in [1.54, 1.807) is 31.1 Å². The van der Waals surface area contributed by atoms with E-state index in [9.17, 15) is 4.39 Å². The Hall–Kier alpha value is -1.35. The third kappa shape index (κ3) is 1.83. The molecule has 0 aliphatic carbocycles. The van der Waals surface area contributed by atoms with E-state index in [-0.39, 0.29) is 5.82 Å². The van der Waals surface area contributed by atoms with Crippen LogP contribution < -0.4 is 4.90 Å². The van der Waals surface area contributed by atoms with Crippen LogP contribution in [-0.4, -0.2) is 19.1 Å². The van der Waals surface area contributed by atoms with Crippen molar-refractivity contribution in [1.82, 2.24) is 4.98 Å². The van der Waals surface area contributed by atoms with Gasteiger partial charge in [-0.1, -0.05) is 11.6 Å². The van der Waals surface area contributed by atoms with Gasteiger partial charge in [0.2, 0.25) is 0 Å². The number of fused-ring (bicyclic) bond motifs is 1. The lowest BCUT2D eigenvalue weighted by Crippen LogP contribution is -2.10. The summed E-state index contributed by atoms with van der Waals surface area (Å²) in [7, 11) is 3.59. The Morgan fingerprint density at radius 2 is 1.94 bits per heavy atom. The Morgan fingerprint density at radius 3 is 2.56 bits per heavy atom. The van der Waals surface area contributed by atoms with Gasteiger partial charge in [0.1, 0.15) is 5.82 Å². The molecule has 4 heteroatoms. The number of benzene rings is 1. The molecule has 0 N–H and O–H groups in total. The first-order valence-electron chi connectivity index (χ1n) is 4.93. The molecule has 0 amide bonds. The first kappa shape index (κ1) is 11.1. The summed E-state index contributed by atoms with van der Waals surface area (Å²) in [5, 5.41) is 1.18. The molecule has 0 bridgehead atoms. The normalized spacial score (nSPS) is 10.8. The number of aromatic nitrogens is 1. The highest BCUT2D eigenvalue weighted by molar-refractivity contribution is 6.35. The molecule has 1 aromatic heterocycles. The topological polar surface area (TPSA) is 16.1 Å². The van der Waals surface area contributed by atoms with Crippen molar-refractivity contribution in [2.45, 2.75) is 6.92 Å². The van der Waals surface area contributed by atoms with Gasteiger partial charge < -0.3 is 4.90 Å². The molecule has 0 saturated carbocycles. The van der Waals surface area contributed by atoms with Crippen LogP contribution in [0.15, 0.2) is 18.2 Å². The third-order valence-corrected chi connectivity index (χ3v) is 2.75. The van der Waals surface area contributed by atoms with Gasteiger partial charge in [-0.3, -0.25) is 4.98 Å². The summed E-state index contributed by atoms with van der Waals surface area (Å²) in [6.07, 6.45) is 0. The zero-order valence-electron chi connectivity index (χ0n) is 9.38. The van der Waals surface area contributed by atoms with Gasteiger partial charge in [0.25, 0.3) is 0 Å². The zero-order valence-corrected chi connectivity index (χ0v) is 10.1. The van der Waals surface area contributed by atoms with Crippen molar-refractivity contribution in [3.05, 3.63) is 34.7 Å². The summed E-state index contributed by atoms with van der Waals surface area (Å²) < 4.78 is 13.7. The molecule has 0 spiro atoms. The second kappa shape index (κ2) is 3.91. The molecule has 1 aromatic carbocycles. The number of rotatable bonds is 1. The molecule has 0 unspecified atom stereocenters. The Bertz CT molecular complexity index is 552. The molecule has 0 aliphatic heterocycles. The van der Waals surface area contributed by atoms with Crippen molar-refractivity contribution in [1.29, 1.82) is 0 Å². The Morgan fingerprint density at radius 1 is 1.25 bits per heavy atom. The van der Waals surface area contributed by atoms with Crippen LogP contribution >= 0.6 is 11.6 Å². The Kier molecular flexibility index (Phi) is 2.72. The molecule has 2 nitrogen and oxygen atoms in total. The number of aryl methyl sites for hydroxylation is 1.